The van der Waals surface area contributed by atoms with Gasteiger partial charge in [-0.15, -0.1) is 0 Å². The van der Waals surface area contributed by atoms with Gasteiger partial charge in [-0.1, -0.05) is 66.4 Å². The normalized spacial score (nSPS) is 18.3. The van der Waals surface area contributed by atoms with Crippen LogP contribution in [0.15, 0.2) is 83.4 Å². The zero-order chi connectivity index (χ0) is 16.2. The Morgan fingerprint density at radius 1 is 1.04 bits per heavy atom. The third-order valence-electron chi connectivity index (χ3n) is 3.81. The number of amides is 1. The minimum absolute atomic E-state index is 0.0546. The van der Waals surface area contributed by atoms with Crippen LogP contribution in [0.4, 0.5) is 0 Å². The fraction of sp³-hybridized carbons (Fsp3) is 0.150. The first-order valence-corrected chi connectivity index (χ1v) is 8.57. The predicted molar refractivity (Wildman–Crippen MR) is 96.2 cm³/mol. The number of nitrogens with zero attached hydrogens (tertiary/aromatic N) is 1. The lowest BCUT2D eigenvalue weighted by Gasteiger charge is -2.37. The number of carbonyl (C=O) groups excluding carboxylic acids is 1. The standard InChI is InChI=1S/C20H19NOS/c1-3-10-16(4-2)21-19(22)17-13-8-9-14-18(17)23-20(21)15-11-6-5-7-12-15/h3-14,20H,1-2H3/b10-3-,16-4+. The van der Waals surface area contributed by atoms with Gasteiger partial charge in [-0.2, -0.15) is 0 Å². The highest BCUT2D eigenvalue weighted by Crippen LogP contribution is 2.46. The molecule has 0 fully saturated rings. The maximum absolute atomic E-state index is 13.1. The summed E-state index contributed by atoms with van der Waals surface area (Å²) in [5.74, 6) is 0.0550. The van der Waals surface area contributed by atoms with E-state index in [1.54, 1.807) is 11.8 Å². The van der Waals surface area contributed by atoms with E-state index in [1.165, 1.54) is 0 Å². The average Bonchev–Trinajstić information content (AvgIpc) is 2.61. The molecular formula is C20H19NOS. The van der Waals surface area contributed by atoms with E-state index in [9.17, 15) is 4.79 Å². The number of allylic oxidation sites excluding steroid dienone is 3. The van der Waals surface area contributed by atoms with Crippen LogP contribution in [0.2, 0.25) is 0 Å². The summed E-state index contributed by atoms with van der Waals surface area (Å²) in [6.07, 6.45) is 5.94. The van der Waals surface area contributed by atoms with Crippen molar-refractivity contribution in [2.75, 3.05) is 0 Å². The lowest BCUT2D eigenvalue weighted by atomic mass is 10.1. The Kier molecular flexibility index (Phi) is 4.68. The summed E-state index contributed by atoms with van der Waals surface area (Å²) in [6.45, 7) is 3.94. The Labute approximate surface area is 141 Å². The van der Waals surface area contributed by atoms with Gasteiger partial charge in [-0.05, 0) is 37.6 Å². The molecule has 0 bridgehead atoms. The highest BCUT2D eigenvalue weighted by Gasteiger charge is 2.35. The minimum atomic E-state index is -0.0546. The topological polar surface area (TPSA) is 20.3 Å². The largest absolute Gasteiger partial charge is 0.292 e. The van der Waals surface area contributed by atoms with Crippen LogP contribution in [0.1, 0.15) is 35.1 Å². The second kappa shape index (κ2) is 6.88. The molecule has 23 heavy (non-hydrogen) atoms. The Bertz CT molecular complexity index is 764. The van der Waals surface area contributed by atoms with Gasteiger partial charge in [0, 0.05) is 10.6 Å². The molecule has 3 rings (SSSR count). The number of rotatable bonds is 3. The van der Waals surface area contributed by atoms with E-state index >= 15 is 0 Å². The highest BCUT2D eigenvalue weighted by atomic mass is 32.2. The second-order valence-corrected chi connectivity index (χ2v) is 6.39. The van der Waals surface area contributed by atoms with Gasteiger partial charge in [0.2, 0.25) is 0 Å². The van der Waals surface area contributed by atoms with Crippen molar-refractivity contribution in [3.05, 3.63) is 89.6 Å². The molecule has 1 aliphatic rings. The van der Waals surface area contributed by atoms with E-state index in [2.05, 4.69) is 12.1 Å². The van der Waals surface area contributed by atoms with Crippen LogP contribution in [-0.2, 0) is 0 Å². The van der Waals surface area contributed by atoms with Gasteiger partial charge in [0.05, 0.1) is 5.56 Å². The maximum atomic E-state index is 13.1. The van der Waals surface area contributed by atoms with Crippen molar-refractivity contribution in [2.24, 2.45) is 0 Å². The van der Waals surface area contributed by atoms with Crippen LogP contribution >= 0.6 is 11.8 Å². The molecule has 0 aromatic heterocycles. The number of hydrogen-bond donors (Lipinski definition) is 0. The van der Waals surface area contributed by atoms with E-state index in [1.807, 2.05) is 79.4 Å². The molecular weight excluding hydrogens is 302 g/mol. The minimum Gasteiger partial charge on any atom is -0.292 e. The van der Waals surface area contributed by atoms with Gasteiger partial charge in [-0.25, -0.2) is 0 Å². The fourth-order valence-corrected chi connectivity index (χ4v) is 4.03. The molecule has 2 aromatic carbocycles. The lowest BCUT2D eigenvalue weighted by molar-refractivity contribution is 0.0787. The Morgan fingerprint density at radius 3 is 2.43 bits per heavy atom. The molecule has 1 aliphatic heterocycles. The van der Waals surface area contributed by atoms with E-state index in [4.69, 9.17) is 0 Å². The SMILES string of the molecule is C/C=C\C(=C/C)N1C(=O)c2ccccc2SC1c1ccccc1. The molecule has 1 atom stereocenters. The Morgan fingerprint density at radius 2 is 1.74 bits per heavy atom. The quantitative estimate of drug-likeness (QED) is 0.704. The maximum Gasteiger partial charge on any atom is 0.260 e. The molecule has 0 spiro atoms. The van der Waals surface area contributed by atoms with Crippen molar-refractivity contribution in [1.29, 1.82) is 0 Å². The number of thioether (sulfide) groups is 1. The predicted octanol–water partition coefficient (Wildman–Crippen LogP) is 5.41. The summed E-state index contributed by atoms with van der Waals surface area (Å²) in [5, 5.41) is -0.0546. The molecule has 116 valence electrons. The number of benzene rings is 2. The molecule has 3 heteroatoms. The molecule has 1 unspecified atom stereocenters. The zero-order valence-electron chi connectivity index (χ0n) is 13.3. The van der Waals surface area contributed by atoms with E-state index in [0.29, 0.717) is 0 Å². The van der Waals surface area contributed by atoms with Crippen LogP contribution < -0.4 is 0 Å². The van der Waals surface area contributed by atoms with Gasteiger partial charge in [0.1, 0.15) is 5.37 Å². The van der Waals surface area contributed by atoms with Crippen molar-refractivity contribution in [2.45, 2.75) is 24.1 Å². The molecule has 0 saturated carbocycles. The average molecular weight is 321 g/mol. The third kappa shape index (κ3) is 2.97. The number of hydrogen-bond acceptors (Lipinski definition) is 2. The van der Waals surface area contributed by atoms with Crippen LogP contribution in [0.5, 0.6) is 0 Å². The van der Waals surface area contributed by atoms with Crippen molar-refractivity contribution in [1.82, 2.24) is 4.90 Å². The van der Waals surface area contributed by atoms with E-state index in [-0.39, 0.29) is 11.3 Å². The van der Waals surface area contributed by atoms with Gasteiger partial charge in [0.25, 0.3) is 5.91 Å². The molecule has 1 amide bonds. The molecule has 2 aromatic rings. The summed E-state index contributed by atoms with van der Waals surface area (Å²) in [6, 6.07) is 18.0. The van der Waals surface area contributed by atoms with Gasteiger partial charge in [-0.3, -0.25) is 9.69 Å². The van der Waals surface area contributed by atoms with Crippen LogP contribution in [0.3, 0.4) is 0 Å². The first-order chi connectivity index (χ1) is 11.3. The molecule has 1 heterocycles. The summed E-state index contributed by atoms with van der Waals surface area (Å²) >= 11 is 1.72. The summed E-state index contributed by atoms with van der Waals surface area (Å²) in [7, 11) is 0. The molecule has 0 aliphatic carbocycles. The summed E-state index contributed by atoms with van der Waals surface area (Å²) in [4.78, 5) is 16.0. The van der Waals surface area contributed by atoms with Crippen molar-refractivity contribution in [3.63, 3.8) is 0 Å². The molecule has 0 N–H and O–H groups in total. The smallest absolute Gasteiger partial charge is 0.260 e. The molecule has 0 radical (unpaired) electrons. The van der Waals surface area contributed by atoms with Crippen LogP contribution in [0.25, 0.3) is 0 Å². The molecule has 0 saturated heterocycles. The first kappa shape index (κ1) is 15.6. The van der Waals surface area contributed by atoms with Crippen molar-refractivity contribution >= 4 is 17.7 Å². The third-order valence-corrected chi connectivity index (χ3v) is 5.12. The number of fused-ring (bicyclic) bond motifs is 1. The zero-order valence-corrected chi connectivity index (χ0v) is 14.1. The fourth-order valence-electron chi connectivity index (χ4n) is 2.73. The van der Waals surface area contributed by atoms with Crippen molar-refractivity contribution < 1.29 is 4.79 Å². The van der Waals surface area contributed by atoms with E-state index < -0.39 is 0 Å². The van der Waals surface area contributed by atoms with Crippen LogP contribution in [-0.4, -0.2) is 10.8 Å². The number of carbonyl (C=O) groups is 1. The van der Waals surface area contributed by atoms with Gasteiger partial charge in [0.15, 0.2) is 0 Å². The summed E-state index contributed by atoms with van der Waals surface area (Å²) < 4.78 is 0. The van der Waals surface area contributed by atoms with E-state index in [0.717, 1.165) is 21.7 Å². The Balaban J connectivity index is 2.13. The van der Waals surface area contributed by atoms with Gasteiger partial charge < -0.3 is 0 Å². The van der Waals surface area contributed by atoms with Crippen molar-refractivity contribution in [3.8, 4) is 0 Å². The highest BCUT2D eigenvalue weighted by molar-refractivity contribution is 7.99. The Hall–Kier alpha value is -2.26. The monoisotopic (exact) mass is 321 g/mol. The second-order valence-electron chi connectivity index (χ2n) is 5.27. The van der Waals surface area contributed by atoms with Crippen LogP contribution in [0, 0.1) is 0 Å². The first-order valence-electron chi connectivity index (χ1n) is 7.69. The molecule has 2 nitrogen and oxygen atoms in total. The lowest BCUT2D eigenvalue weighted by Crippen LogP contribution is -2.35. The summed E-state index contributed by atoms with van der Waals surface area (Å²) in [5.41, 5.74) is 2.83. The van der Waals surface area contributed by atoms with Gasteiger partial charge >= 0.3 is 0 Å².